The molecule has 1 aliphatic heterocycles. The summed E-state index contributed by atoms with van der Waals surface area (Å²) in [4.78, 5) is 30.1. The predicted octanol–water partition coefficient (Wildman–Crippen LogP) is 4.42. The van der Waals surface area contributed by atoms with Gasteiger partial charge < -0.3 is 15.3 Å². The van der Waals surface area contributed by atoms with E-state index >= 15 is 0 Å². The number of pyridine rings is 1. The Balaban J connectivity index is 1.46. The lowest BCUT2D eigenvalue weighted by molar-refractivity contribution is 0.0999. The minimum Gasteiger partial charge on any atom is -0.465 e. The maximum Gasteiger partial charge on any atom is 0.407 e. The molecule has 1 atom stereocenters. The van der Waals surface area contributed by atoms with E-state index in [1.54, 1.807) is 31.3 Å². The van der Waals surface area contributed by atoms with Gasteiger partial charge in [0.2, 0.25) is 0 Å². The van der Waals surface area contributed by atoms with E-state index in [0.29, 0.717) is 42.1 Å². The molecule has 180 valence electrons. The average Bonchev–Trinajstić information content (AvgIpc) is 3.20. The summed E-state index contributed by atoms with van der Waals surface area (Å²) in [7, 11) is 0. The molecule has 1 aliphatic rings. The lowest BCUT2D eigenvalue weighted by atomic mass is 9.98. The van der Waals surface area contributed by atoms with Crippen molar-refractivity contribution in [3.8, 4) is 11.8 Å². The smallest absolute Gasteiger partial charge is 0.407 e. The number of amides is 2. The summed E-state index contributed by atoms with van der Waals surface area (Å²) in [5, 5.41) is 16.5. The molecule has 0 bridgehead atoms. The van der Waals surface area contributed by atoms with Gasteiger partial charge in [0.1, 0.15) is 17.3 Å². The number of hydrogen-bond acceptors (Lipinski definition) is 4. The third kappa shape index (κ3) is 5.97. The van der Waals surface area contributed by atoms with Crippen LogP contribution in [-0.2, 0) is 6.54 Å². The Morgan fingerprint density at radius 1 is 1.23 bits per heavy atom. The van der Waals surface area contributed by atoms with Crippen LogP contribution in [0.3, 0.4) is 0 Å². The molecule has 0 spiro atoms. The summed E-state index contributed by atoms with van der Waals surface area (Å²) < 4.78 is 14.6. The quantitative estimate of drug-likeness (QED) is 0.522. The zero-order valence-corrected chi connectivity index (χ0v) is 19.7. The first kappa shape index (κ1) is 24.2. The van der Waals surface area contributed by atoms with E-state index in [0.717, 1.165) is 12.8 Å². The van der Waals surface area contributed by atoms with E-state index in [1.807, 2.05) is 0 Å². The van der Waals surface area contributed by atoms with Crippen LogP contribution in [0.15, 0.2) is 42.7 Å². The molecule has 0 aliphatic carbocycles. The molecule has 3 heterocycles. The van der Waals surface area contributed by atoms with Crippen LogP contribution >= 0.6 is 11.6 Å². The van der Waals surface area contributed by atoms with Gasteiger partial charge in [0.25, 0.3) is 5.91 Å². The van der Waals surface area contributed by atoms with Gasteiger partial charge in [0.05, 0.1) is 11.2 Å². The van der Waals surface area contributed by atoms with Crippen LogP contribution in [-0.4, -0.2) is 49.9 Å². The number of carbonyl (C=O) groups excluding carboxylic acids is 1. The highest BCUT2D eigenvalue weighted by atomic mass is 35.5. The number of nitrogens with one attached hydrogen (secondary N) is 1. The second kappa shape index (κ2) is 10.6. The molecule has 10 heteroatoms. The van der Waals surface area contributed by atoms with E-state index in [2.05, 4.69) is 27.2 Å². The van der Waals surface area contributed by atoms with Crippen molar-refractivity contribution in [3.05, 3.63) is 75.9 Å². The molecule has 0 radical (unpaired) electrons. The molecular formula is C25H23ClFN5O3. The molecule has 0 saturated carbocycles. The fraction of sp³-hybridized carbons (Fsp3) is 0.280. The molecule has 4 rings (SSSR count). The number of piperidine rings is 1. The number of nitrogens with zero attached hydrogens (tertiary/aromatic N) is 4. The second-order valence-electron chi connectivity index (χ2n) is 8.36. The van der Waals surface area contributed by atoms with Crippen molar-refractivity contribution in [1.82, 2.24) is 19.7 Å². The van der Waals surface area contributed by atoms with Crippen molar-refractivity contribution >= 4 is 29.4 Å². The zero-order valence-electron chi connectivity index (χ0n) is 19.0. The zero-order chi connectivity index (χ0) is 24.9. The number of aryl methyl sites for hydroxylation is 1. The Morgan fingerprint density at radius 2 is 1.97 bits per heavy atom. The van der Waals surface area contributed by atoms with Crippen LogP contribution in [0.25, 0.3) is 0 Å². The highest BCUT2D eigenvalue weighted by molar-refractivity contribution is 6.34. The number of halogens is 2. The van der Waals surface area contributed by atoms with Gasteiger partial charge in [-0.25, -0.2) is 14.2 Å². The highest BCUT2D eigenvalue weighted by Gasteiger charge is 2.26. The van der Waals surface area contributed by atoms with Crippen LogP contribution in [0, 0.1) is 30.5 Å². The van der Waals surface area contributed by atoms with Crippen LogP contribution in [0.4, 0.5) is 15.0 Å². The number of anilines is 1. The predicted molar refractivity (Wildman–Crippen MR) is 129 cm³/mol. The first-order valence-electron chi connectivity index (χ1n) is 11.0. The molecule has 2 N–H and O–H groups in total. The van der Waals surface area contributed by atoms with Gasteiger partial charge in [-0.1, -0.05) is 23.4 Å². The first-order chi connectivity index (χ1) is 16.8. The fourth-order valence-corrected chi connectivity index (χ4v) is 4.20. The monoisotopic (exact) mass is 495 g/mol. The Morgan fingerprint density at radius 3 is 2.69 bits per heavy atom. The van der Waals surface area contributed by atoms with E-state index in [1.165, 1.54) is 27.9 Å². The third-order valence-electron chi connectivity index (χ3n) is 5.74. The maximum atomic E-state index is 13.0. The summed E-state index contributed by atoms with van der Waals surface area (Å²) in [5.74, 6) is 5.53. The summed E-state index contributed by atoms with van der Waals surface area (Å²) in [6.45, 7) is 3.07. The summed E-state index contributed by atoms with van der Waals surface area (Å²) in [6.07, 6.45) is 3.60. The van der Waals surface area contributed by atoms with E-state index in [9.17, 15) is 19.1 Å². The Labute approximate surface area is 206 Å². The molecule has 2 amide bonds. The average molecular weight is 496 g/mol. The summed E-state index contributed by atoms with van der Waals surface area (Å²) in [6, 6.07) is 7.67. The molecule has 3 aromatic rings. The molecule has 1 aromatic carbocycles. The van der Waals surface area contributed by atoms with Crippen LogP contribution < -0.4 is 5.32 Å². The normalized spacial score (nSPS) is 15.3. The highest BCUT2D eigenvalue weighted by Crippen LogP contribution is 2.23. The van der Waals surface area contributed by atoms with Crippen molar-refractivity contribution < 1.29 is 19.1 Å². The number of hydrogen-bond donors (Lipinski definition) is 2. The Kier molecular flexibility index (Phi) is 7.32. The van der Waals surface area contributed by atoms with Gasteiger partial charge in [0.15, 0.2) is 0 Å². The molecule has 0 unspecified atom stereocenters. The number of carboxylic acid groups (broad SMARTS) is 1. The van der Waals surface area contributed by atoms with Crippen molar-refractivity contribution in [1.29, 1.82) is 0 Å². The maximum absolute atomic E-state index is 13.0. The number of aromatic nitrogens is 3. The molecule has 8 nitrogen and oxygen atoms in total. The molecular weight excluding hydrogens is 473 g/mol. The van der Waals surface area contributed by atoms with Crippen LogP contribution in [0.2, 0.25) is 5.02 Å². The standard InChI is InChI=1S/C25H23ClFN5O3/c1-16-11-18(5-4-17-6-8-20(27)9-7-17)12-28-23(16)30-24(33)22-21(26)13-29-32(22)15-19-3-2-10-31(14-19)25(34)35/h6-9,11-13,19H,2-3,10,14-15H2,1H3,(H,34,35)(H,28,30,33)/t19-/m0/s1. The lowest BCUT2D eigenvalue weighted by Gasteiger charge is -2.30. The largest absolute Gasteiger partial charge is 0.465 e. The van der Waals surface area contributed by atoms with Gasteiger partial charge in [-0.05, 0) is 61.6 Å². The third-order valence-corrected chi connectivity index (χ3v) is 6.01. The van der Waals surface area contributed by atoms with E-state index in [4.69, 9.17) is 11.6 Å². The number of rotatable bonds is 4. The van der Waals surface area contributed by atoms with Crippen LogP contribution in [0.5, 0.6) is 0 Å². The lowest BCUT2D eigenvalue weighted by Crippen LogP contribution is -2.40. The van der Waals surface area contributed by atoms with Crippen molar-refractivity contribution in [2.45, 2.75) is 26.3 Å². The molecule has 35 heavy (non-hydrogen) atoms. The molecule has 2 aromatic heterocycles. The van der Waals surface area contributed by atoms with Gasteiger partial charge in [0, 0.05) is 37.0 Å². The number of likely N-dealkylation sites (tertiary alicyclic amines) is 1. The molecule has 1 saturated heterocycles. The minimum atomic E-state index is -0.946. The first-order valence-corrected chi connectivity index (χ1v) is 11.4. The van der Waals surface area contributed by atoms with Crippen LogP contribution in [0.1, 0.15) is 40.0 Å². The van der Waals surface area contributed by atoms with E-state index in [-0.39, 0.29) is 22.5 Å². The van der Waals surface area contributed by atoms with Gasteiger partial charge >= 0.3 is 6.09 Å². The van der Waals surface area contributed by atoms with E-state index < -0.39 is 12.0 Å². The molecule has 1 fully saturated rings. The van der Waals surface area contributed by atoms with Crippen molar-refractivity contribution in [2.75, 3.05) is 18.4 Å². The van der Waals surface area contributed by atoms with Crippen molar-refractivity contribution in [2.24, 2.45) is 5.92 Å². The van der Waals surface area contributed by atoms with Gasteiger partial charge in [-0.3, -0.25) is 9.48 Å². The number of benzene rings is 1. The fourth-order valence-electron chi connectivity index (χ4n) is 3.98. The van der Waals surface area contributed by atoms with Gasteiger partial charge in [-0.15, -0.1) is 0 Å². The minimum absolute atomic E-state index is 0.0289. The SMILES string of the molecule is Cc1cc(C#Cc2ccc(F)cc2)cnc1NC(=O)c1c(Cl)cnn1C[C@H]1CCCN(C(=O)O)C1. The topological polar surface area (TPSA) is 100 Å². The Bertz CT molecular complexity index is 1310. The Hall–Kier alpha value is -3.90. The van der Waals surface area contributed by atoms with Crippen molar-refractivity contribution in [3.63, 3.8) is 0 Å². The van der Waals surface area contributed by atoms with Gasteiger partial charge in [-0.2, -0.15) is 5.10 Å². The summed E-state index contributed by atoms with van der Waals surface area (Å²) >= 11 is 6.27. The second-order valence-corrected chi connectivity index (χ2v) is 8.77. The number of carbonyl (C=O) groups is 2. The summed E-state index contributed by atoms with van der Waals surface area (Å²) in [5.41, 5.74) is 2.22.